The first-order valence-electron chi connectivity index (χ1n) is 11.8. The Balaban J connectivity index is 0. The smallest absolute Gasteiger partial charge is 0.333 e. The van der Waals surface area contributed by atoms with Crippen LogP contribution in [0.25, 0.3) is 0 Å². The van der Waals surface area contributed by atoms with E-state index in [1.165, 1.54) is 6.08 Å². The summed E-state index contributed by atoms with van der Waals surface area (Å²) in [5.41, 5.74) is 0.881. The second-order valence-corrected chi connectivity index (χ2v) is 7.87. The standard InChI is InChI=1S/C20H30O6.C7H12O2/c1-7-8-12-24-20(23)16(6)9-10-17(26-19(22)15(4)5)11-13-25-18(21)14(2)3;1-3-5-6-9-7(8)4-2/h17H,2,4,6-13H2,1,3,5H3;4H,2-3,5-6H2,1H3. The molecule has 0 spiro atoms. The van der Waals surface area contributed by atoms with Crippen molar-refractivity contribution in [2.75, 3.05) is 19.8 Å². The van der Waals surface area contributed by atoms with Crippen LogP contribution in [0.4, 0.5) is 0 Å². The zero-order valence-electron chi connectivity index (χ0n) is 21.8. The fraction of sp³-hybridized carbons (Fsp3) is 0.556. The van der Waals surface area contributed by atoms with Crippen LogP contribution in [0.3, 0.4) is 0 Å². The van der Waals surface area contributed by atoms with Gasteiger partial charge in [0.1, 0.15) is 6.10 Å². The zero-order valence-corrected chi connectivity index (χ0v) is 21.8. The molecule has 0 aliphatic heterocycles. The molecule has 0 N–H and O–H groups in total. The fourth-order valence-electron chi connectivity index (χ4n) is 2.14. The number of carbonyl (C=O) groups excluding carboxylic acids is 4. The molecule has 0 aromatic heterocycles. The maximum absolute atomic E-state index is 11.8. The molecule has 0 bridgehead atoms. The third-order valence-electron chi connectivity index (χ3n) is 4.34. The Morgan fingerprint density at radius 3 is 1.74 bits per heavy atom. The Kier molecular flexibility index (Phi) is 20.8. The number of ether oxygens (including phenoxy) is 4. The van der Waals surface area contributed by atoms with Gasteiger partial charge in [0.2, 0.25) is 0 Å². The van der Waals surface area contributed by atoms with Gasteiger partial charge in [-0.15, -0.1) is 0 Å². The van der Waals surface area contributed by atoms with Gasteiger partial charge in [-0.1, -0.05) is 53.0 Å². The predicted octanol–water partition coefficient (Wildman–Crippen LogP) is 5.18. The van der Waals surface area contributed by atoms with Gasteiger partial charge in [0, 0.05) is 29.2 Å². The van der Waals surface area contributed by atoms with Gasteiger partial charge in [0.25, 0.3) is 0 Å². The van der Waals surface area contributed by atoms with E-state index in [2.05, 4.69) is 31.1 Å². The first-order chi connectivity index (χ1) is 16.5. The van der Waals surface area contributed by atoms with Gasteiger partial charge in [-0.2, -0.15) is 0 Å². The topological polar surface area (TPSA) is 105 Å². The van der Waals surface area contributed by atoms with E-state index in [4.69, 9.17) is 14.2 Å². The summed E-state index contributed by atoms with van der Waals surface area (Å²) in [4.78, 5) is 45.3. The third kappa shape index (κ3) is 20.0. The molecule has 0 heterocycles. The molecule has 0 amide bonds. The minimum Gasteiger partial charge on any atom is -0.463 e. The average Bonchev–Trinajstić information content (AvgIpc) is 2.82. The van der Waals surface area contributed by atoms with Gasteiger partial charge in [-0.25, -0.2) is 19.2 Å². The molecule has 0 aromatic rings. The summed E-state index contributed by atoms with van der Waals surface area (Å²) in [6.07, 6.45) is 5.33. The molecular weight excluding hydrogens is 452 g/mol. The van der Waals surface area contributed by atoms with Crippen LogP contribution in [0, 0.1) is 0 Å². The van der Waals surface area contributed by atoms with E-state index in [-0.39, 0.29) is 18.1 Å². The van der Waals surface area contributed by atoms with E-state index in [0.717, 1.165) is 25.7 Å². The number of carbonyl (C=O) groups is 4. The molecule has 8 heteroatoms. The number of hydrogen-bond donors (Lipinski definition) is 0. The molecule has 0 fully saturated rings. The summed E-state index contributed by atoms with van der Waals surface area (Å²) in [6, 6.07) is 0. The van der Waals surface area contributed by atoms with Crippen LogP contribution in [0.1, 0.15) is 72.6 Å². The highest BCUT2D eigenvalue weighted by Crippen LogP contribution is 2.15. The first-order valence-corrected chi connectivity index (χ1v) is 11.8. The van der Waals surface area contributed by atoms with Crippen LogP contribution in [0.15, 0.2) is 49.1 Å². The van der Waals surface area contributed by atoms with Gasteiger partial charge in [-0.05, 0) is 39.5 Å². The maximum Gasteiger partial charge on any atom is 0.333 e. The second kappa shape index (κ2) is 21.4. The Morgan fingerprint density at radius 2 is 1.26 bits per heavy atom. The molecule has 35 heavy (non-hydrogen) atoms. The van der Waals surface area contributed by atoms with Crippen LogP contribution in [-0.4, -0.2) is 49.8 Å². The molecule has 0 saturated heterocycles. The van der Waals surface area contributed by atoms with E-state index in [0.29, 0.717) is 43.6 Å². The Hall–Kier alpha value is -3.16. The summed E-state index contributed by atoms with van der Waals surface area (Å²) >= 11 is 0. The van der Waals surface area contributed by atoms with Gasteiger partial charge >= 0.3 is 23.9 Å². The molecule has 0 rings (SSSR count). The van der Waals surface area contributed by atoms with Crippen LogP contribution in [-0.2, 0) is 38.1 Å². The van der Waals surface area contributed by atoms with Gasteiger partial charge in [-0.3, -0.25) is 0 Å². The summed E-state index contributed by atoms with van der Waals surface area (Å²) in [5, 5.41) is 0. The van der Waals surface area contributed by atoms with E-state index >= 15 is 0 Å². The number of hydrogen-bond acceptors (Lipinski definition) is 8. The van der Waals surface area contributed by atoms with Crippen LogP contribution < -0.4 is 0 Å². The van der Waals surface area contributed by atoms with Crippen LogP contribution in [0.2, 0.25) is 0 Å². The van der Waals surface area contributed by atoms with Gasteiger partial charge < -0.3 is 18.9 Å². The van der Waals surface area contributed by atoms with Crippen molar-refractivity contribution in [2.45, 2.75) is 78.7 Å². The van der Waals surface area contributed by atoms with E-state index in [9.17, 15) is 19.2 Å². The molecular formula is C27H42O8. The first kappa shape index (κ1) is 34.0. The van der Waals surface area contributed by atoms with Crippen molar-refractivity contribution in [3.8, 4) is 0 Å². The van der Waals surface area contributed by atoms with Crippen molar-refractivity contribution < 1.29 is 38.1 Å². The summed E-state index contributed by atoms with van der Waals surface area (Å²) in [7, 11) is 0. The monoisotopic (exact) mass is 494 g/mol. The molecule has 0 aliphatic carbocycles. The minimum atomic E-state index is -0.530. The van der Waals surface area contributed by atoms with Crippen molar-refractivity contribution in [1.82, 2.24) is 0 Å². The molecule has 1 unspecified atom stereocenters. The lowest BCUT2D eigenvalue weighted by molar-refractivity contribution is -0.146. The Bertz CT molecular complexity index is 735. The lowest BCUT2D eigenvalue weighted by atomic mass is 10.1. The molecule has 8 nitrogen and oxygen atoms in total. The molecule has 1 atom stereocenters. The number of rotatable bonds is 17. The molecule has 0 radical (unpaired) electrons. The predicted molar refractivity (Wildman–Crippen MR) is 135 cm³/mol. The van der Waals surface area contributed by atoms with E-state index in [1.807, 2.05) is 13.8 Å². The number of esters is 4. The van der Waals surface area contributed by atoms with Crippen LogP contribution in [0.5, 0.6) is 0 Å². The molecule has 0 aromatic carbocycles. The van der Waals surface area contributed by atoms with Gasteiger partial charge in [0.05, 0.1) is 19.8 Å². The third-order valence-corrected chi connectivity index (χ3v) is 4.34. The maximum atomic E-state index is 11.8. The zero-order chi connectivity index (χ0) is 27.2. The molecule has 198 valence electrons. The van der Waals surface area contributed by atoms with Crippen molar-refractivity contribution in [1.29, 1.82) is 0 Å². The second-order valence-electron chi connectivity index (χ2n) is 7.87. The lowest BCUT2D eigenvalue weighted by Gasteiger charge is -2.18. The lowest BCUT2D eigenvalue weighted by Crippen LogP contribution is -2.22. The average molecular weight is 495 g/mol. The van der Waals surface area contributed by atoms with Crippen LogP contribution >= 0.6 is 0 Å². The highest BCUT2D eigenvalue weighted by molar-refractivity contribution is 5.88. The van der Waals surface area contributed by atoms with Crippen molar-refractivity contribution in [2.24, 2.45) is 0 Å². The van der Waals surface area contributed by atoms with Crippen molar-refractivity contribution in [3.63, 3.8) is 0 Å². The number of unbranched alkanes of at least 4 members (excludes halogenated alkanes) is 2. The fourth-order valence-corrected chi connectivity index (χ4v) is 2.14. The normalized spacial score (nSPS) is 10.5. The summed E-state index contributed by atoms with van der Waals surface area (Å²) < 4.78 is 20.1. The molecule has 0 saturated carbocycles. The SMILES string of the molecule is C=C(C)C(=O)OCCC(CCC(=C)C(=O)OCCCC)OC(=O)C(=C)C.C=CC(=O)OCCCC. The van der Waals surface area contributed by atoms with E-state index in [1.54, 1.807) is 13.8 Å². The quantitative estimate of drug-likeness (QED) is 0.118. The highest BCUT2D eigenvalue weighted by Gasteiger charge is 2.18. The Labute approximate surface area is 210 Å². The van der Waals surface area contributed by atoms with E-state index < -0.39 is 24.0 Å². The van der Waals surface area contributed by atoms with Crippen molar-refractivity contribution in [3.05, 3.63) is 49.1 Å². The summed E-state index contributed by atoms with van der Waals surface area (Å²) in [6.45, 7) is 22.1. The minimum absolute atomic E-state index is 0.0766. The molecule has 0 aliphatic rings. The summed E-state index contributed by atoms with van der Waals surface area (Å²) in [5.74, 6) is -1.81. The van der Waals surface area contributed by atoms with Gasteiger partial charge in [0.15, 0.2) is 0 Å². The van der Waals surface area contributed by atoms with Crippen molar-refractivity contribution >= 4 is 23.9 Å². The Morgan fingerprint density at radius 1 is 0.743 bits per heavy atom. The highest BCUT2D eigenvalue weighted by atomic mass is 16.6. The largest absolute Gasteiger partial charge is 0.463 e.